The number of rotatable bonds is 3. The maximum Gasteiger partial charge on any atom is 0.243 e. The molecule has 1 heterocycles. The van der Waals surface area contributed by atoms with Crippen molar-refractivity contribution in [1.82, 2.24) is 9.21 Å². The van der Waals surface area contributed by atoms with Crippen molar-refractivity contribution in [3.05, 3.63) is 29.3 Å². The molecule has 0 aromatic heterocycles. The molecule has 2 N–H and O–H groups in total. The fourth-order valence-electron chi connectivity index (χ4n) is 2.53. The minimum atomic E-state index is -3.40. The topological polar surface area (TPSA) is 66.6 Å². The van der Waals surface area contributed by atoms with Gasteiger partial charge in [-0.3, -0.25) is 0 Å². The van der Waals surface area contributed by atoms with Crippen LogP contribution in [0.4, 0.5) is 0 Å². The van der Waals surface area contributed by atoms with Crippen molar-refractivity contribution in [2.45, 2.75) is 24.8 Å². The van der Waals surface area contributed by atoms with Crippen molar-refractivity contribution in [3.63, 3.8) is 0 Å². The lowest BCUT2D eigenvalue weighted by molar-refractivity contribution is 0.347. The first-order valence-electron chi connectivity index (χ1n) is 6.93. The van der Waals surface area contributed by atoms with Crippen molar-refractivity contribution in [1.29, 1.82) is 0 Å². The lowest BCUT2D eigenvalue weighted by Gasteiger charge is -2.21. The summed E-state index contributed by atoms with van der Waals surface area (Å²) in [4.78, 5) is 2.57. The Morgan fingerprint density at radius 2 is 1.95 bits per heavy atom. The number of likely N-dealkylation sites (N-methyl/N-ethyl adjacent to an activating group) is 1. The van der Waals surface area contributed by atoms with Crippen LogP contribution in [-0.2, 0) is 16.6 Å². The summed E-state index contributed by atoms with van der Waals surface area (Å²) in [6.45, 7) is 5.11. The SMILES string of the molecule is Cc1cc(CN)ccc1S(=O)(=O)N1CCCN(C)CC1. The Morgan fingerprint density at radius 1 is 1.20 bits per heavy atom. The van der Waals surface area contributed by atoms with E-state index >= 15 is 0 Å². The quantitative estimate of drug-likeness (QED) is 0.895. The molecular formula is C14H23N3O2S. The third-order valence-corrected chi connectivity index (χ3v) is 5.83. The lowest BCUT2D eigenvalue weighted by Crippen LogP contribution is -2.34. The monoisotopic (exact) mass is 297 g/mol. The van der Waals surface area contributed by atoms with Gasteiger partial charge in [0, 0.05) is 26.2 Å². The first-order chi connectivity index (χ1) is 9.45. The number of sulfonamides is 1. The molecule has 0 atom stereocenters. The average Bonchev–Trinajstić information content (AvgIpc) is 2.63. The Balaban J connectivity index is 2.30. The van der Waals surface area contributed by atoms with Crippen LogP contribution in [0.15, 0.2) is 23.1 Å². The summed E-state index contributed by atoms with van der Waals surface area (Å²) in [6, 6.07) is 5.34. The molecule has 1 aromatic rings. The van der Waals surface area contributed by atoms with Crippen LogP contribution in [0.2, 0.25) is 0 Å². The van der Waals surface area contributed by atoms with E-state index in [1.165, 1.54) is 0 Å². The van der Waals surface area contributed by atoms with Crippen molar-refractivity contribution in [2.75, 3.05) is 33.2 Å². The number of aryl methyl sites for hydroxylation is 1. The summed E-state index contributed by atoms with van der Waals surface area (Å²) in [6.07, 6.45) is 0.871. The van der Waals surface area contributed by atoms with Gasteiger partial charge >= 0.3 is 0 Å². The molecule has 0 bridgehead atoms. The van der Waals surface area contributed by atoms with Gasteiger partial charge in [0.25, 0.3) is 0 Å². The fourth-order valence-corrected chi connectivity index (χ4v) is 4.21. The summed E-state index contributed by atoms with van der Waals surface area (Å²) < 4.78 is 27.1. The molecule has 0 unspecified atom stereocenters. The van der Waals surface area contributed by atoms with Crippen molar-refractivity contribution in [3.8, 4) is 0 Å². The summed E-state index contributed by atoms with van der Waals surface area (Å²) in [5, 5.41) is 0. The highest BCUT2D eigenvalue weighted by atomic mass is 32.2. The van der Waals surface area contributed by atoms with E-state index in [9.17, 15) is 8.42 Å². The molecule has 0 radical (unpaired) electrons. The maximum absolute atomic E-state index is 12.7. The molecule has 6 heteroatoms. The summed E-state index contributed by atoms with van der Waals surface area (Å²) in [5.74, 6) is 0. The van der Waals surface area contributed by atoms with Crippen molar-refractivity contribution >= 4 is 10.0 Å². The molecule has 2 rings (SSSR count). The minimum absolute atomic E-state index is 0.402. The zero-order chi connectivity index (χ0) is 14.8. The van der Waals surface area contributed by atoms with E-state index in [1.54, 1.807) is 16.4 Å². The highest BCUT2D eigenvalue weighted by molar-refractivity contribution is 7.89. The molecular weight excluding hydrogens is 274 g/mol. The van der Waals surface area contributed by atoms with E-state index < -0.39 is 10.0 Å². The van der Waals surface area contributed by atoms with Gasteiger partial charge in [-0.1, -0.05) is 12.1 Å². The Hall–Kier alpha value is -0.950. The Bertz CT molecular complexity index is 572. The van der Waals surface area contributed by atoms with Crippen LogP contribution in [0.3, 0.4) is 0 Å². The number of benzene rings is 1. The van der Waals surface area contributed by atoms with Gasteiger partial charge in [-0.2, -0.15) is 4.31 Å². The Morgan fingerprint density at radius 3 is 2.60 bits per heavy atom. The Kier molecular flexibility index (Phi) is 4.80. The van der Waals surface area contributed by atoms with Crippen LogP contribution in [-0.4, -0.2) is 50.8 Å². The van der Waals surface area contributed by atoms with E-state index in [4.69, 9.17) is 5.73 Å². The van der Waals surface area contributed by atoms with Crippen LogP contribution >= 0.6 is 0 Å². The smallest absolute Gasteiger partial charge is 0.243 e. The van der Waals surface area contributed by atoms with Crippen LogP contribution in [0.25, 0.3) is 0 Å². The van der Waals surface area contributed by atoms with Crippen LogP contribution < -0.4 is 5.73 Å². The second kappa shape index (κ2) is 6.22. The van der Waals surface area contributed by atoms with Crippen LogP contribution in [0.5, 0.6) is 0 Å². The van der Waals surface area contributed by atoms with Crippen molar-refractivity contribution in [2.24, 2.45) is 5.73 Å². The minimum Gasteiger partial charge on any atom is -0.326 e. The third-order valence-electron chi connectivity index (χ3n) is 3.77. The number of hydrogen-bond acceptors (Lipinski definition) is 4. The van der Waals surface area contributed by atoms with Gasteiger partial charge in [-0.25, -0.2) is 8.42 Å². The number of nitrogens with two attached hydrogens (primary N) is 1. The molecule has 1 aliphatic rings. The molecule has 0 aliphatic carbocycles. The second-order valence-electron chi connectivity index (χ2n) is 5.36. The average molecular weight is 297 g/mol. The number of hydrogen-bond donors (Lipinski definition) is 1. The van der Waals surface area contributed by atoms with Gasteiger partial charge in [0.05, 0.1) is 4.90 Å². The highest BCUT2D eigenvalue weighted by Crippen LogP contribution is 2.22. The highest BCUT2D eigenvalue weighted by Gasteiger charge is 2.27. The van der Waals surface area contributed by atoms with Gasteiger partial charge in [0.15, 0.2) is 0 Å². The molecule has 0 amide bonds. The predicted molar refractivity (Wildman–Crippen MR) is 79.9 cm³/mol. The van der Waals surface area contributed by atoms with E-state index in [-0.39, 0.29) is 0 Å². The number of nitrogens with zero attached hydrogens (tertiary/aromatic N) is 2. The van der Waals surface area contributed by atoms with Crippen LogP contribution in [0.1, 0.15) is 17.5 Å². The van der Waals surface area contributed by atoms with Gasteiger partial charge in [0.2, 0.25) is 10.0 Å². The van der Waals surface area contributed by atoms with E-state index in [2.05, 4.69) is 4.90 Å². The zero-order valence-corrected chi connectivity index (χ0v) is 13.0. The lowest BCUT2D eigenvalue weighted by atomic mass is 10.1. The van der Waals surface area contributed by atoms with E-state index in [0.29, 0.717) is 24.5 Å². The first kappa shape index (κ1) is 15.4. The summed E-state index contributed by atoms with van der Waals surface area (Å²) in [5.41, 5.74) is 7.32. The van der Waals surface area contributed by atoms with Crippen molar-refractivity contribution < 1.29 is 8.42 Å². The van der Waals surface area contributed by atoms with Crippen LogP contribution in [0, 0.1) is 6.92 Å². The van der Waals surface area contributed by atoms with Gasteiger partial charge in [0.1, 0.15) is 0 Å². The molecule has 1 saturated heterocycles. The molecule has 0 saturated carbocycles. The third kappa shape index (κ3) is 3.20. The van der Waals surface area contributed by atoms with Gasteiger partial charge in [-0.05, 0) is 44.1 Å². The zero-order valence-electron chi connectivity index (χ0n) is 12.2. The normalized spacial score (nSPS) is 18.9. The molecule has 1 aliphatic heterocycles. The first-order valence-corrected chi connectivity index (χ1v) is 8.37. The largest absolute Gasteiger partial charge is 0.326 e. The summed E-state index contributed by atoms with van der Waals surface area (Å²) >= 11 is 0. The molecule has 1 fully saturated rings. The maximum atomic E-state index is 12.7. The fraction of sp³-hybridized carbons (Fsp3) is 0.571. The van der Waals surface area contributed by atoms with E-state index in [0.717, 1.165) is 30.6 Å². The van der Waals surface area contributed by atoms with Gasteiger partial charge in [-0.15, -0.1) is 0 Å². The summed E-state index contributed by atoms with van der Waals surface area (Å²) in [7, 11) is -1.37. The van der Waals surface area contributed by atoms with Gasteiger partial charge < -0.3 is 10.6 Å². The molecule has 112 valence electrons. The molecule has 5 nitrogen and oxygen atoms in total. The molecule has 1 aromatic carbocycles. The Labute approximate surface area is 121 Å². The molecule has 0 spiro atoms. The standard InChI is InChI=1S/C14H23N3O2S/c1-12-10-13(11-15)4-5-14(12)20(18,19)17-7-3-6-16(2)8-9-17/h4-5,10H,3,6-9,11,15H2,1-2H3. The predicted octanol–water partition coefficient (Wildman–Crippen LogP) is 0.780. The van der Waals surface area contributed by atoms with E-state index in [1.807, 2.05) is 20.0 Å². The second-order valence-corrected chi connectivity index (χ2v) is 7.27. The molecule has 20 heavy (non-hydrogen) atoms.